The zero-order valence-corrected chi connectivity index (χ0v) is 18.8. The van der Waals surface area contributed by atoms with Gasteiger partial charge in [0.05, 0.1) is 6.61 Å². The van der Waals surface area contributed by atoms with Gasteiger partial charge in [0.2, 0.25) is 0 Å². The summed E-state index contributed by atoms with van der Waals surface area (Å²) < 4.78 is 10.0. The van der Waals surface area contributed by atoms with E-state index in [-0.39, 0.29) is 31.6 Å². The summed E-state index contributed by atoms with van der Waals surface area (Å²) in [6.07, 6.45) is 20.3. The Hall–Kier alpha value is -1.36. The second-order valence-corrected chi connectivity index (χ2v) is 7.67. The lowest BCUT2D eigenvalue weighted by Gasteiger charge is -2.15. The van der Waals surface area contributed by atoms with E-state index < -0.39 is 6.10 Å². The topological polar surface area (TPSA) is 72.8 Å². The number of unbranched alkanes of at least 4 members (excludes halogenated alkanes) is 11. The molecule has 1 atom stereocenters. The highest BCUT2D eigenvalue weighted by Gasteiger charge is 2.15. The molecule has 0 radical (unpaired) electrons. The summed E-state index contributed by atoms with van der Waals surface area (Å²) in [7, 11) is 0. The van der Waals surface area contributed by atoms with Crippen LogP contribution in [0.15, 0.2) is 12.2 Å². The first-order chi connectivity index (χ1) is 14.1. The predicted molar refractivity (Wildman–Crippen MR) is 118 cm³/mol. The lowest BCUT2D eigenvalue weighted by Crippen LogP contribution is -2.28. The number of aliphatic hydroxyl groups excluding tert-OH is 1. The second kappa shape index (κ2) is 21.4. The van der Waals surface area contributed by atoms with Gasteiger partial charge in [-0.15, -0.1) is 0 Å². The summed E-state index contributed by atoms with van der Waals surface area (Å²) in [6.45, 7) is 3.52. The van der Waals surface area contributed by atoms with Crippen molar-refractivity contribution in [3.63, 3.8) is 0 Å². The molecule has 0 saturated carbocycles. The van der Waals surface area contributed by atoms with Gasteiger partial charge in [-0.1, -0.05) is 77.4 Å². The molecule has 0 aromatic heterocycles. The monoisotopic (exact) mass is 412 g/mol. The zero-order chi connectivity index (χ0) is 21.6. The molecular weight excluding hydrogens is 368 g/mol. The largest absolute Gasteiger partial charge is 0.462 e. The molecule has 0 aromatic rings. The van der Waals surface area contributed by atoms with Crippen LogP contribution >= 0.6 is 0 Å². The molecule has 0 rings (SSSR count). The Labute approximate surface area is 178 Å². The predicted octanol–water partition coefficient (Wildman–Crippen LogP) is 5.88. The molecule has 5 heteroatoms. The van der Waals surface area contributed by atoms with Gasteiger partial charge < -0.3 is 14.6 Å². The number of hydrogen-bond donors (Lipinski definition) is 1. The lowest BCUT2D eigenvalue weighted by molar-refractivity contribution is -0.161. The van der Waals surface area contributed by atoms with E-state index in [9.17, 15) is 14.7 Å². The Morgan fingerprint density at radius 3 is 1.90 bits per heavy atom. The van der Waals surface area contributed by atoms with Gasteiger partial charge in [0.15, 0.2) is 6.10 Å². The van der Waals surface area contributed by atoms with Crippen LogP contribution in [0.4, 0.5) is 0 Å². The van der Waals surface area contributed by atoms with Gasteiger partial charge >= 0.3 is 11.9 Å². The number of esters is 2. The van der Waals surface area contributed by atoms with Crippen LogP contribution in [0.5, 0.6) is 0 Å². The molecule has 5 nitrogen and oxygen atoms in total. The van der Waals surface area contributed by atoms with Crippen LogP contribution in [-0.2, 0) is 19.1 Å². The van der Waals surface area contributed by atoms with Crippen molar-refractivity contribution >= 4 is 11.9 Å². The number of carbonyl (C=O) groups excluding carboxylic acids is 2. The third-order valence-electron chi connectivity index (χ3n) is 4.86. The first kappa shape index (κ1) is 27.6. The van der Waals surface area contributed by atoms with E-state index in [0.717, 1.165) is 25.7 Å². The fourth-order valence-corrected chi connectivity index (χ4v) is 3.00. The van der Waals surface area contributed by atoms with Crippen LogP contribution in [0.1, 0.15) is 110 Å². The summed E-state index contributed by atoms with van der Waals surface area (Å²) in [5, 5.41) is 9.19. The van der Waals surface area contributed by atoms with Crippen LogP contribution in [0.25, 0.3) is 0 Å². The summed E-state index contributed by atoms with van der Waals surface area (Å²) in [6, 6.07) is 0. The molecular formula is C24H44O5. The van der Waals surface area contributed by atoms with E-state index in [0.29, 0.717) is 6.42 Å². The SMILES string of the molecule is CCCCCCCC/C=C\CCCCCCCC(=O)OC(CO)COC(=O)CC. The summed E-state index contributed by atoms with van der Waals surface area (Å²) in [5.74, 6) is -0.703. The molecule has 1 N–H and O–H groups in total. The van der Waals surface area contributed by atoms with Crippen molar-refractivity contribution in [3.8, 4) is 0 Å². The van der Waals surface area contributed by atoms with Crippen molar-refractivity contribution in [2.45, 2.75) is 116 Å². The van der Waals surface area contributed by atoms with Crippen LogP contribution in [0.3, 0.4) is 0 Å². The first-order valence-electron chi connectivity index (χ1n) is 11.7. The number of rotatable bonds is 20. The van der Waals surface area contributed by atoms with Crippen molar-refractivity contribution in [2.24, 2.45) is 0 Å². The summed E-state index contributed by atoms with van der Waals surface area (Å²) in [4.78, 5) is 22.9. The van der Waals surface area contributed by atoms with Crippen molar-refractivity contribution < 1.29 is 24.2 Å². The quantitative estimate of drug-likeness (QED) is 0.153. The van der Waals surface area contributed by atoms with Gasteiger partial charge in [-0.25, -0.2) is 0 Å². The molecule has 0 aromatic carbocycles. The van der Waals surface area contributed by atoms with Gasteiger partial charge in [-0.2, -0.15) is 0 Å². The molecule has 29 heavy (non-hydrogen) atoms. The normalized spacial score (nSPS) is 12.2. The number of aliphatic hydroxyl groups is 1. The maximum absolute atomic E-state index is 11.8. The minimum atomic E-state index is -0.763. The second-order valence-electron chi connectivity index (χ2n) is 7.67. The minimum absolute atomic E-state index is 0.0821. The Balaban J connectivity index is 3.47. The van der Waals surface area contributed by atoms with Gasteiger partial charge in [-0.05, 0) is 32.1 Å². The van der Waals surface area contributed by atoms with E-state index in [4.69, 9.17) is 9.47 Å². The Kier molecular flexibility index (Phi) is 20.3. The highest BCUT2D eigenvalue weighted by atomic mass is 16.6. The van der Waals surface area contributed by atoms with Gasteiger partial charge in [0, 0.05) is 12.8 Å². The summed E-state index contributed by atoms with van der Waals surface area (Å²) >= 11 is 0. The third-order valence-corrected chi connectivity index (χ3v) is 4.86. The number of hydrogen-bond acceptors (Lipinski definition) is 5. The Bertz CT molecular complexity index is 419. The number of allylic oxidation sites excluding steroid dienone is 2. The molecule has 0 bridgehead atoms. The molecule has 0 amide bonds. The van der Waals surface area contributed by atoms with Crippen LogP contribution in [0, 0.1) is 0 Å². The smallest absolute Gasteiger partial charge is 0.306 e. The Morgan fingerprint density at radius 1 is 0.793 bits per heavy atom. The van der Waals surface area contributed by atoms with Gasteiger partial charge in [0.25, 0.3) is 0 Å². The van der Waals surface area contributed by atoms with Crippen LogP contribution in [0.2, 0.25) is 0 Å². The lowest BCUT2D eigenvalue weighted by atomic mass is 10.1. The zero-order valence-electron chi connectivity index (χ0n) is 18.8. The third kappa shape index (κ3) is 19.7. The molecule has 0 spiro atoms. The van der Waals surface area contributed by atoms with Gasteiger partial charge in [0.1, 0.15) is 6.61 Å². The van der Waals surface area contributed by atoms with Crippen LogP contribution < -0.4 is 0 Å². The fourth-order valence-electron chi connectivity index (χ4n) is 3.00. The van der Waals surface area contributed by atoms with E-state index in [1.165, 1.54) is 57.8 Å². The standard InChI is InChI=1S/C24H44O5/c1-3-5-6-7-8-9-10-11-12-13-14-15-16-17-18-19-24(27)29-22(20-25)21-28-23(26)4-2/h11-12,22,25H,3-10,13-21H2,1-2H3/b12-11-. The average Bonchev–Trinajstić information content (AvgIpc) is 2.73. The number of carbonyl (C=O) groups is 2. The fraction of sp³-hybridized carbons (Fsp3) is 0.833. The molecule has 0 fully saturated rings. The van der Waals surface area contributed by atoms with Gasteiger partial charge in [-0.3, -0.25) is 9.59 Å². The molecule has 0 heterocycles. The first-order valence-corrected chi connectivity index (χ1v) is 11.7. The molecule has 0 aliphatic heterocycles. The summed E-state index contributed by atoms with van der Waals surface area (Å²) in [5.41, 5.74) is 0. The van der Waals surface area contributed by atoms with Crippen molar-refractivity contribution in [2.75, 3.05) is 13.2 Å². The highest BCUT2D eigenvalue weighted by molar-refractivity contribution is 5.70. The molecule has 170 valence electrons. The number of ether oxygens (including phenoxy) is 2. The van der Waals surface area contributed by atoms with Crippen LogP contribution in [-0.4, -0.2) is 36.4 Å². The maximum Gasteiger partial charge on any atom is 0.306 e. The van der Waals surface area contributed by atoms with Crippen molar-refractivity contribution in [3.05, 3.63) is 12.2 Å². The van der Waals surface area contributed by atoms with Crippen molar-refractivity contribution in [1.82, 2.24) is 0 Å². The molecule has 0 aliphatic carbocycles. The van der Waals surface area contributed by atoms with E-state index in [1.54, 1.807) is 6.92 Å². The minimum Gasteiger partial charge on any atom is -0.462 e. The van der Waals surface area contributed by atoms with E-state index >= 15 is 0 Å². The maximum atomic E-state index is 11.8. The molecule has 0 aliphatic rings. The Morgan fingerprint density at radius 2 is 1.34 bits per heavy atom. The van der Waals surface area contributed by atoms with E-state index in [1.807, 2.05) is 0 Å². The van der Waals surface area contributed by atoms with E-state index in [2.05, 4.69) is 19.1 Å². The highest BCUT2D eigenvalue weighted by Crippen LogP contribution is 2.10. The average molecular weight is 413 g/mol. The van der Waals surface area contributed by atoms with Crippen molar-refractivity contribution in [1.29, 1.82) is 0 Å². The molecule has 0 saturated heterocycles. The molecule has 1 unspecified atom stereocenters.